The van der Waals surface area contributed by atoms with Crippen molar-refractivity contribution in [1.29, 1.82) is 0 Å². The largest absolute Gasteiger partial charge is 0.444 e. The lowest BCUT2D eigenvalue weighted by Gasteiger charge is -2.35. The van der Waals surface area contributed by atoms with Crippen molar-refractivity contribution >= 4 is 29.9 Å². The van der Waals surface area contributed by atoms with Crippen molar-refractivity contribution in [3.05, 3.63) is 53.0 Å². The fourth-order valence-electron chi connectivity index (χ4n) is 4.50. The Kier molecular flexibility index (Phi) is 7.26. The van der Waals surface area contributed by atoms with Crippen LogP contribution in [0.3, 0.4) is 0 Å². The molecule has 4 rings (SSSR count). The van der Waals surface area contributed by atoms with Crippen molar-refractivity contribution < 1.29 is 32.3 Å². The van der Waals surface area contributed by atoms with E-state index in [1.54, 1.807) is 42.5 Å². The van der Waals surface area contributed by atoms with E-state index in [-0.39, 0.29) is 36.6 Å². The molecule has 204 valence electrons. The van der Waals surface area contributed by atoms with E-state index in [1.165, 1.54) is 24.0 Å². The molecule has 1 saturated heterocycles. The smallest absolute Gasteiger partial charge is 0.416 e. The van der Waals surface area contributed by atoms with Crippen LogP contribution in [0.1, 0.15) is 73.9 Å². The Morgan fingerprint density at radius 2 is 1.89 bits per heavy atom. The van der Waals surface area contributed by atoms with E-state index in [9.17, 15) is 27.6 Å². The fourth-order valence-corrected chi connectivity index (χ4v) is 4.50. The molecule has 1 atom stereocenters. The van der Waals surface area contributed by atoms with Gasteiger partial charge in [0.1, 0.15) is 5.60 Å². The number of amides is 3. The number of rotatable bonds is 3. The number of hydrogen-bond donors (Lipinski definition) is 1. The number of alkyl halides is 3. The van der Waals surface area contributed by atoms with Crippen molar-refractivity contribution in [2.45, 2.75) is 64.9 Å². The Bertz CT molecular complexity index is 1280. The van der Waals surface area contributed by atoms with E-state index >= 15 is 0 Å². The number of carbonyl (C=O) groups excluding carboxylic acids is 3. The maximum atomic E-state index is 13.2. The Balaban J connectivity index is 1.67. The number of imidazole rings is 1. The zero-order valence-electron chi connectivity index (χ0n) is 21.6. The molecule has 2 aliphatic rings. The molecule has 3 heterocycles. The normalized spacial score (nSPS) is 17.7. The molecule has 3 amide bonds. The van der Waals surface area contributed by atoms with E-state index < -0.39 is 29.3 Å². The number of anilines is 1. The summed E-state index contributed by atoms with van der Waals surface area (Å²) in [4.78, 5) is 45.3. The minimum atomic E-state index is -4.60. The van der Waals surface area contributed by atoms with Crippen LogP contribution < -0.4 is 5.32 Å². The second-order valence-electron chi connectivity index (χ2n) is 10.4. The number of piperidine rings is 1. The summed E-state index contributed by atoms with van der Waals surface area (Å²) in [6, 6.07) is 3.84. The second kappa shape index (κ2) is 10.1. The number of likely N-dealkylation sites (tertiary alicyclic amines) is 1. The monoisotopic (exact) mass is 533 g/mol. The first-order chi connectivity index (χ1) is 17.7. The summed E-state index contributed by atoms with van der Waals surface area (Å²) in [5.41, 5.74) is -0.601. The number of ether oxygens (including phenoxy) is 1. The lowest BCUT2D eigenvalue weighted by Crippen LogP contribution is -2.43. The van der Waals surface area contributed by atoms with Gasteiger partial charge in [0.05, 0.1) is 29.5 Å². The van der Waals surface area contributed by atoms with Crippen molar-refractivity contribution in [2.24, 2.45) is 0 Å². The van der Waals surface area contributed by atoms with Crippen molar-refractivity contribution in [3.63, 3.8) is 0 Å². The third kappa shape index (κ3) is 6.00. The molecule has 1 aromatic heterocycles. The minimum absolute atomic E-state index is 0.128. The van der Waals surface area contributed by atoms with Gasteiger partial charge in [-0.25, -0.2) is 9.78 Å². The Hall–Kier alpha value is -3.83. The first-order valence-corrected chi connectivity index (χ1v) is 12.3. The van der Waals surface area contributed by atoms with Crippen LogP contribution in [-0.2, 0) is 22.3 Å². The van der Waals surface area contributed by atoms with E-state index in [4.69, 9.17) is 4.74 Å². The SMILES string of the molecule is CC(=O)N1C=Cc2c(nc(NC(=O)c3cccc(C(F)(F)F)c3)n2C2CCCN(C(=O)OC(C)(C)C)C2)C1. The van der Waals surface area contributed by atoms with Crippen LogP contribution in [0.4, 0.5) is 23.9 Å². The second-order valence-corrected chi connectivity index (χ2v) is 10.4. The topological polar surface area (TPSA) is 96.8 Å². The van der Waals surface area contributed by atoms with Gasteiger partial charge in [-0.05, 0) is 57.9 Å². The highest BCUT2D eigenvalue weighted by atomic mass is 19.4. The van der Waals surface area contributed by atoms with E-state index in [0.29, 0.717) is 30.8 Å². The van der Waals surface area contributed by atoms with Crippen LogP contribution in [0, 0.1) is 0 Å². The molecule has 0 bridgehead atoms. The molecule has 12 heteroatoms. The molecular weight excluding hydrogens is 503 g/mol. The van der Waals surface area contributed by atoms with E-state index in [2.05, 4.69) is 10.3 Å². The average molecular weight is 534 g/mol. The summed E-state index contributed by atoms with van der Waals surface area (Å²) in [6.45, 7) is 7.73. The molecule has 9 nitrogen and oxygen atoms in total. The van der Waals surface area contributed by atoms with Crippen molar-refractivity contribution in [2.75, 3.05) is 18.4 Å². The highest BCUT2D eigenvalue weighted by Crippen LogP contribution is 2.33. The van der Waals surface area contributed by atoms with Gasteiger partial charge in [0.15, 0.2) is 0 Å². The molecule has 1 fully saturated rings. The molecule has 0 spiro atoms. The van der Waals surface area contributed by atoms with Gasteiger partial charge in [-0.2, -0.15) is 13.2 Å². The summed E-state index contributed by atoms with van der Waals surface area (Å²) in [5, 5.41) is 2.66. The predicted molar refractivity (Wildman–Crippen MR) is 133 cm³/mol. The van der Waals surface area contributed by atoms with Gasteiger partial charge in [0.25, 0.3) is 5.91 Å². The van der Waals surface area contributed by atoms with Gasteiger partial charge < -0.3 is 19.1 Å². The summed E-state index contributed by atoms with van der Waals surface area (Å²) in [5.74, 6) is -0.819. The predicted octanol–water partition coefficient (Wildman–Crippen LogP) is 5.06. The Labute approximate surface area is 218 Å². The highest BCUT2D eigenvalue weighted by Gasteiger charge is 2.34. The number of hydrogen-bond acceptors (Lipinski definition) is 5. The standard InChI is InChI=1S/C26H30F3N5O4/c1-16(35)32-12-10-21-20(15-32)30-23(31-22(36)17-7-5-8-18(13-17)26(27,28)29)34(21)19-9-6-11-33(14-19)24(37)38-25(2,3)4/h5,7-8,10,12-13,19H,6,9,11,14-15H2,1-4H3,(H,30,31,36). The average Bonchev–Trinajstić information content (AvgIpc) is 3.19. The molecule has 1 unspecified atom stereocenters. The van der Waals surface area contributed by atoms with Crippen LogP contribution in [0.15, 0.2) is 30.5 Å². The van der Waals surface area contributed by atoms with Crippen molar-refractivity contribution in [3.8, 4) is 0 Å². The van der Waals surface area contributed by atoms with Gasteiger partial charge in [-0.3, -0.25) is 14.9 Å². The van der Waals surface area contributed by atoms with Gasteiger partial charge in [-0.1, -0.05) is 6.07 Å². The van der Waals surface area contributed by atoms with Crippen LogP contribution in [0.5, 0.6) is 0 Å². The molecule has 38 heavy (non-hydrogen) atoms. The Morgan fingerprint density at radius 3 is 2.55 bits per heavy atom. The quantitative estimate of drug-likeness (QED) is 0.595. The molecular formula is C26H30F3N5O4. The summed E-state index contributed by atoms with van der Waals surface area (Å²) < 4.78 is 46.9. The number of aromatic nitrogens is 2. The number of nitrogens with one attached hydrogen (secondary N) is 1. The van der Waals surface area contributed by atoms with Crippen LogP contribution in [-0.4, -0.2) is 55.9 Å². The van der Waals surface area contributed by atoms with Gasteiger partial charge >= 0.3 is 12.3 Å². The number of nitrogens with zero attached hydrogens (tertiary/aromatic N) is 4. The molecule has 0 aliphatic carbocycles. The number of halogens is 3. The van der Waals surface area contributed by atoms with Gasteiger partial charge in [0, 0.05) is 31.8 Å². The lowest BCUT2D eigenvalue weighted by atomic mass is 10.0. The van der Waals surface area contributed by atoms with Gasteiger partial charge in [0.2, 0.25) is 11.9 Å². The molecule has 1 N–H and O–H groups in total. The summed E-state index contributed by atoms with van der Waals surface area (Å²) in [6.07, 6.45) is -0.388. The molecule has 0 saturated carbocycles. The zero-order chi connectivity index (χ0) is 27.8. The first-order valence-electron chi connectivity index (χ1n) is 12.3. The van der Waals surface area contributed by atoms with Crippen LogP contribution >= 0.6 is 0 Å². The maximum Gasteiger partial charge on any atom is 0.416 e. The third-order valence-corrected chi connectivity index (χ3v) is 6.25. The molecule has 2 aromatic rings. The first kappa shape index (κ1) is 27.2. The highest BCUT2D eigenvalue weighted by molar-refractivity contribution is 6.03. The Morgan fingerprint density at radius 1 is 1.16 bits per heavy atom. The molecule has 2 aliphatic heterocycles. The number of benzene rings is 1. The molecule has 0 radical (unpaired) electrons. The number of carbonyl (C=O) groups is 3. The summed E-state index contributed by atoms with van der Waals surface area (Å²) >= 11 is 0. The van der Waals surface area contributed by atoms with E-state index in [0.717, 1.165) is 12.1 Å². The van der Waals surface area contributed by atoms with Crippen LogP contribution in [0.25, 0.3) is 6.08 Å². The number of fused-ring (bicyclic) bond motifs is 1. The van der Waals surface area contributed by atoms with Gasteiger partial charge in [-0.15, -0.1) is 0 Å². The van der Waals surface area contributed by atoms with E-state index in [1.807, 2.05) is 0 Å². The molecule has 1 aromatic carbocycles. The van der Waals surface area contributed by atoms with Crippen LogP contribution in [0.2, 0.25) is 0 Å². The summed E-state index contributed by atoms with van der Waals surface area (Å²) in [7, 11) is 0. The lowest BCUT2D eigenvalue weighted by molar-refractivity contribution is -0.137. The fraction of sp³-hybridized carbons (Fsp3) is 0.462. The zero-order valence-corrected chi connectivity index (χ0v) is 21.6. The maximum absolute atomic E-state index is 13.2. The minimum Gasteiger partial charge on any atom is -0.444 e. The van der Waals surface area contributed by atoms with Crippen molar-refractivity contribution in [1.82, 2.24) is 19.4 Å². The third-order valence-electron chi connectivity index (χ3n) is 6.25.